The maximum Gasteiger partial charge on any atom is 0.119 e. The van der Waals surface area contributed by atoms with Crippen LogP contribution >= 0.6 is 0 Å². The lowest BCUT2D eigenvalue weighted by molar-refractivity contribution is 0.466. The summed E-state index contributed by atoms with van der Waals surface area (Å²) >= 11 is 0. The summed E-state index contributed by atoms with van der Waals surface area (Å²) in [6.07, 6.45) is 0. The Hall–Kier alpha value is -2.54. The van der Waals surface area contributed by atoms with E-state index in [0.29, 0.717) is 5.75 Å². The molecule has 104 valence electrons. The number of phenols is 1. The lowest BCUT2D eigenvalue weighted by Gasteiger charge is -2.15. The summed E-state index contributed by atoms with van der Waals surface area (Å²) < 4.78 is 0. The third-order valence-electron chi connectivity index (χ3n) is 3.90. The first kappa shape index (κ1) is 13.4. The second-order valence-corrected chi connectivity index (χ2v) is 5.27. The Balaban J connectivity index is 1.95. The van der Waals surface area contributed by atoms with Crippen LogP contribution in [-0.4, -0.2) is 5.11 Å². The first-order valence-corrected chi connectivity index (χ1v) is 7.19. The molecule has 0 heterocycles. The Labute approximate surface area is 125 Å². The molecule has 1 unspecified atom stereocenters. The predicted octanol–water partition coefficient (Wildman–Crippen LogP) is 5.21. The Bertz CT molecular complexity index is 717. The highest BCUT2D eigenvalue weighted by atomic mass is 16.3. The van der Waals surface area contributed by atoms with Gasteiger partial charge in [-0.3, -0.25) is 0 Å². The third kappa shape index (κ3) is 2.82. The number of hydrogen-bond acceptors (Lipinski definition) is 1. The van der Waals surface area contributed by atoms with E-state index in [1.54, 1.807) is 0 Å². The lowest BCUT2D eigenvalue weighted by Crippen LogP contribution is -1.96. The van der Waals surface area contributed by atoms with Crippen LogP contribution in [0.4, 0.5) is 0 Å². The minimum atomic E-state index is 0.177. The van der Waals surface area contributed by atoms with E-state index >= 15 is 0 Å². The molecule has 1 N–H and O–H groups in total. The van der Waals surface area contributed by atoms with Gasteiger partial charge >= 0.3 is 0 Å². The fourth-order valence-corrected chi connectivity index (χ4v) is 2.64. The molecule has 3 aromatic carbocycles. The van der Waals surface area contributed by atoms with Gasteiger partial charge in [-0.25, -0.2) is 0 Å². The molecule has 0 spiro atoms. The van der Waals surface area contributed by atoms with Gasteiger partial charge in [-0.1, -0.05) is 79.7 Å². The Morgan fingerprint density at radius 2 is 1.33 bits per heavy atom. The molecule has 3 aromatic rings. The molecular formula is C20H18O. The molecule has 0 fully saturated rings. The van der Waals surface area contributed by atoms with Crippen LogP contribution in [0.1, 0.15) is 24.0 Å². The van der Waals surface area contributed by atoms with Crippen LogP contribution in [0, 0.1) is 0 Å². The second kappa shape index (κ2) is 5.84. The zero-order valence-corrected chi connectivity index (χ0v) is 12.0. The standard InChI is InChI=1S/C20H18O/c1-15(16-8-4-2-5-9-16)19-13-12-18(14-20(19)21)17-10-6-3-7-11-17/h2-15,21H,1H3. The first-order chi connectivity index (χ1) is 10.3. The van der Waals surface area contributed by atoms with Crippen molar-refractivity contribution in [3.05, 3.63) is 90.0 Å². The van der Waals surface area contributed by atoms with Gasteiger partial charge in [0.25, 0.3) is 0 Å². The van der Waals surface area contributed by atoms with Gasteiger partial charge in [-0.05, 0) is 22.8 Å². The fraction of sp³-hybridized carbons (Fsp3) is 0.100. The van der Waals surface area contributed by atoms with E-state index in [9.17, 15) is 5.11 Å². The van der Waals surface area contributed by atoms with E-state index < -0.39 is 0 Å². The molecule has 3 rings (SSSR count). The summed E-state index contributed by atoms with van der Waals surface area (Å²) in [5, 5.41) is 10.4. The molecule has 1 atom stereocenters. The van der Waals surface area contributed by atoms with Crippen molar-refractivity contribution < 1.29 is 5.11 Å². The minimum Gasteiger partial charge on any atom is -0.508 e. The number of benzene rings is 3. The number of phenolic OH excluding ortho intramolecular Hbond substituents is 1. The summed E-state index contributed by atoms with van der Waals surface area (Å²) in [5.41, 5.74) is 4.32. The summed E-state index contributed by atoms with van der Waals surface area (Å²) in [6.45, 7) is 2.12. The number of rotatable bonds is 3. The van der Waals surface area contributed by atoms with Crippen LogP contribution in [0.2, 0.25) is 0 Å². The van der Waals surface area contributed by atoms with Gasteiger partial charge < -0.3 is 5.11 Å². The zero-order valence-electron chi connectivity index (χ0n) is 12.0. The van der Waals surface area contributed by atoms with Crippen molar-refractivity contribution in [1.29, 1.82) is 0 Å². The maximum absolute atomic E-state index is 10.4. The van der Waals surface area contributed by atoms with Crippen LogP contribution in [-0.2, 0) is 0 Å². The molecule has 0 bridgehead atoms. The van der Waals surface area contributed by atoms with Gasteiger partial charge in [0, 0.05) is 11.5 Å². The van der Waals surface area contributed by atoms with Crippen molar-refractivity contribution in [3.63, 3.8) is 0 Å². The molecule has 0 aliphatic carbocycles. The fourth-order valence-electron chi connectivity index (χ4n) is 2.64. The Morgan fingerprint density at radius 3 is 1.95 bits per heavy atom. The van der Waals surface area contributed by atoms with Crippen LogP contribution in [0.25, 0.3) is 11.1 Å². The minimum absolute atomic E-state index is 0.177. The van der Waals surface area contributed by atoms with Gasteiger partial charge in [0.1, 0.15) is 5.75 Å². The van der Waals surface area contributed by atoms with Crippen molar-refractivity contribution in [1.82, 2.24) is 0 Å². The van der Waals surface area contributed by atoms with Gasteiger partial charge in [-0.2, -0.15) is 0 Å². The maximum atomic E-state index is 10.4. The van der Waals surface area contributed by atoms with E-state index in [1.807, 2.05) is 48.5 Å². The normalized spacial score (nSPS) is 12.0. The number of hydrogen-bond donors (Lipinski definition) is 1. The van der Waals surface area contributed by atoms with Gasteiger partial charge in [0.15, 0.2) is 0 Å². The van der Waals surface area contributed by atoms with Crippen LogP contribution in [0.15, 0.2) is 78.9 Å². The summed E-state index contributed by atoms with van der Waals surface area (Å²) in [4.78, 5) is 0. The van der Waals surface area contributed by atoms with Gasteiger partial charge in [-0.15, -0.1) is 0 Å². The highest BCUT2D eigenvalue weighted by molar-refractivity contribution is 5.66. The van der Waals surface area contributed by atoms with Crippen molar-refractivity contribution in [3.8, 4) is 16.9 Å². The van der Waals surface area contributed by atoms with Gasteiger partial charge in [0.05, 0.1) is 0 Å². The SMILES string of the molecule is CC(c1ccccc1)c1ccc(-c2ccccc2)cc1O. The number of aromatic hydroxyl groups is 1. The average Bonchev–Trinajstić information content (AvgIpc) is 2.56. The molecule has 0 saturated heterocycles. The second-order valence-electron chi connectivity index (χ2n) is 5.27. The van der Waals surface area contributed by atoms with E-state index in [1.165, 1.54) is 5.56 Å². The van der Waals surface area contributed by atoms with Crippen molar-refractivity contribution in [2.24, 2.45) is 0 Å². The quantitative estimate of drug-likeness (QED) is 0.695. The van der Waals surface area contributed by atoms with Crippen molar-refractivity contribution >= 4 is 0 Å². The van der Waals surface area contributed by atoms with E-state index in [4.69, 9.17) is 0 Å². The summed E-state index contributed by atoms with van der Waals surface area (Å²) in [7, 11) is 0. The summed E-state index contributed by atoms with van der Waals surface area (Å²) in [5.74, 6) is 0.531. The molecule has 0 aliphatic heterocycles. The lowest BCUT2D eigenvalue weighted by atomic mass is 9.91. The third-order valence-corrected chi connectivity index (χ3v) is 3.90. The van der Waals surface area contributed by atoms with Crippen molar-refractivity contribution in [2.45, 2.75) is 12.8 Å². The first-order valence-electron chi connectivity index (χ1n) is 7.19. The molecule has 0 aliphatic rings. The smallest absolute Gasteiger partial charge is 0.119 e. The monoisotopic (exact) mass is 274 g/mol. The predicted molar refractivity (Wildman–Crippen MR) is 87.5 cm³/mol. The Morgan fingerprint density at radius 1 is 0.714 bits per heavy atom. The average molecular weight is 274 g/mol. The highest BCUT2D eigenvalue weighted by Gasteiger charge is 2.13. The van der Waals surface area contributed by atoms with Crippen LogP contribution in [0.5, 0.6) is 5.75 Å². The van der Waals surface area contributed by atoms with Gasteiger partial charge in [0.2, 0.25) is 0 Å². The summed E-state index contributed by atoms with van der Waals surface area (Å²) in [6, 6.07) is 26.3. The molecule has 0 radical (unpaired) electrons. The molecular weight excluding hydrogens is 256 g/mol. The molecule has 0 amide bonds. The zero-order chi connectivity index (χ0) is 14.7. The Kier molecular flexibility index (Phi) is 3.74. The van der Waals surface area contributed by atoms with E-state index in [2.05, 4.69) is 37.3 Å². The highest BCUT2D eigenvalue weighted by Crippen LogP contribution is 2.34. The molecule has 0 aromatic heterocycles. The molecule has 21 heavy (non-hydrogen) atoms. The van der Waals surface area contributed by atoms with E-state index in [-0.39, 0.29) is 5.92 Å². The largest absolute Gasteiger partial charge is 0.508 e. The van der Waals surface area contributed by atoms with Crippen LogP contribution in [0.3, 0.4) is 0 Å². The van der Waals surface area contributed by atoms with Crippen molar-refractivity contribution in [2.75, 3.05) is 0 Å². The molecule has 1 nitrogen and oxygen atoms in total. The topological polar surface area (TPSA) is 20.2 Å². The van der Waals surface area contributed by atoms with E-state index in [0.717, 1.165) is 16.7 Å². The molecule has 0 saturated carbocycles. The van der Waals surface area contributed by atoms with Crippen LogP contribution < -0.4 is 0 Å². The molecule has 1 heteroatoms.